The molecule has 0 unspecified atom stereocenters. The Bertz CT molecular complexity index is 1000. The number of amides is 1. The Kier molecular flexibility index (Phi) is 6.44. The average molecular weight is 445 g/mol. The van der Waals surface area contributed by atoms with E-state index in [2.05, 4.69) is 5.32 Å². The summed E-state index contributed by atoms with van der Waals surface area (Å²) in [6, 6.07) is 8.82. The van der Waals surface area contributed by atoms with Crippen LogP contribution in [0.5, 0.6) is 0 Å². The largest absolute Gasteiger partial charge is 0.416 e. The molecule has 1 heterocycles. The van der Waals surface area contributed by atoms with Gasteiger partial charge in [0.2, 0.25) is 15.9 Å². The van der Waals surface area contributed by atoms with E-state index in [1.807, 2.05) is 0 Å². The first-order chi connectivity index (χ1) is 14.1. The van der Waals surface area contributed by atoms with Crippen LogP contribution in [0.25, 0.3) is 0 Å². The van der Waals surface area contributed by atoms with Crippen LogP contribution in [0.15, 0.2) is 53.4 Å². The first-order valence-electron chi connectivity index (χ1n) is 9.01. The molecule has 0 saturated carbocycles. The van der Waals surface area contributed by atoms with Gasteiger partial charge in [-0.3, -0.25) is 9.69 Å². The molecule has 162 valence electrons. The van der Waals surface area contributed by atoms with Gasteiger partial charge in [-0.2, -0.15) is 17.5 Å². The van der Waals surface area contributed by atoms with Gasteiger partial charge in [-0.05, 0) is 42.5 Å². The summed E-state index contributed by atoms with van der Waals surface area (Å²) in [5.74, 6) is -0.838. The van der Waals surface area contributed by atoms with Gasteiger partial charge < -0.3 is 5.32 Å². The third-order valence-electron chi connectivity index (χ3n) is 4.63. The summed E-state index contributed by atoms with van der Waals surface area (Å²) < 4.78 is 77.6. The van der Waals surface area contributed by atoms with E-state index in [1.54, 1.807) is 11.0 Å². The van der Waals surface area contributed by atoms with Crippen molar-refractivity contribution < 1.29 is 30.8 Å². The van der Waals surface area contributed by atoms with Crippen molar-refractivity contribution in [1.29, 1.82) is 0 Å². The highest BCUT2D eigenvalue weighted by atomic mass is 32.2. The van der Waals surface area contributed by atoms with Gasteiger partial charge in [0.05, 0.1) is 17.0 Å². The second kappa shape index (κ2) is 8.70. The highest BCUT2D eigenvalue weighted by Crippen LogP contribution is 2.30. The molecule has 30 heavy (non-hydrogen) atoms. The number of nitrogens with one attached hydrogen (secondary N) is 1. The summed E-state index contributed by atoms with van der Waals surface area (Å²) in [6.07, 6.45) is -4.54. The standard InChI is InChI=1S/C19H19F4N3O3S/c20-15-2-1-3-16(12-15)24-18(27)13-25-8-10-26(11-9-25)30(28,29)17-6-4-14(5-7-17)19(21,22)23/h1-7,12H,8-11,13H2,(H,24,27). The van der Waals surface area contributed by atoms with E-state index < -0.39 is 27.6 Å². The van der Waals surface area contributed by atoms with E-state index >= 15 is 0 Å². The Morgan fingerprint density at radius 1 is 1.00 bits per heavy atom. The molecule has 6 nitrogen and oxygen atoms in total. The van der Waals surface area contributed by atoms with E-state index in [9.17, 15) is 30.8 Å². The molecule has 2 aromatic rings. The molecular formula is C19H19F4N3O3S. The van der Waals surface area contributed by atoms with Crippen LogP contribution >= 0.6 is 0 Å². The molecule has 1 fully saturated rings. The van der Waals surface area contributed by atoms with Gasteiger partial charge in [-0.25, -0.2) is 12.8 Å². The third kappa shape index (κ3) is 5.35. The van der Waals surface area contributed by atoms with Crippen LogP contribution in [-0.2, 0) is 21.0 Å². The molecule has 0 aliphatic carbocycles. The van der Waals surface area contributed by atoms with E-state index in [0.29, 0.717) is 5.69 Å². The highest BCUT2D eigenvalue weighted by molar-refractivity contribution is 7.89. The van der Waals surface area contributed by atoms with Crippen LogP contribution in [0.3, 0.4) is 0 Å². The van der Waals surface area contributed by atoms with Crippen LogP contribution < -0.4 is 5.32 Å². The molecule has 11 heteroatoms. The Morgan fingerprint density at radius 3 is 2.20 bits per heavy atom. The van der Waals surface area contributed by atoms with E-state index in [1.165, 1.54) is 22.5 Å². The predicted molar refractivity (Wildman–Crippen MR) is 102 cm³/mol. The van der Waals surface area contributed by atoms with Crippen LogP contribution in [0.2, 0.25) is 0 Å². The minimum Gasteiger partial charge on any atom is -0.325 e. The fourth-order valence-corrected chi connectivity index (χ4v) is 4.48. The molecule has 0 radical (unpaired) electrons. The van der Waals surface area contributed by atoms with Crippen molar-refractivity contribution in [3.8, 4) is 0 Å². The lowest BCUT2D eigenvalue weighted by Crippen LogP contribution is -2.50. The molecule has 0 aromatic heterocycles. The quantitative estimate of drug-likeness (QED) is 0.719. The maximum Gasteiger partial charge on any atom is 0.416 e. The van der Waals surface area contributed by atoms with Gasteiger partial charge in [-0.1, -0.05) is 6.07 Å². The minimum absolute atomic E-state index is 0.00464. The van der Waals surface area contributed by atoms with Crippen LogP contribution in [0, 0.1) is 5.82 Å². The van der Waals surface area contributed by atoms with Gasteiger partial charge in [0, 0.05) is 31.9 Å². The second-order valence-corrected chi connectivity index (χ2v) is 8.70. The smallest absolute Gasteiger partial charge is 0.325 e. The van der Waals surface area contributed by atoms with E-state index in [-0.39, 0.29) is 43.5 Å². The SMILES string of the molecule is O=C(CN1CCN(S(=O)(=O)c2ccc(C(F)(F)F)cc2)CC1)Nc1cccc(F)c1. The Hall–Kier alpha value is -2.50. The molecule has 2 aromatic carbocycles. The van der Waals surface area contributed by atoms with Gasteiger partial charge in [-0.15, -0.1) is 0 Å². The topological polar surface area (TPSA) is 69.7 Å². The van der Waals surface area contributed by atoms with Gasteiger partial charge in [0.1, 0.15) is 5.82 Å². The number of hydrogen-bond donors (Lipinski definition) is 1. The molecule has 3 rings (SSSR count). The number of anilines is 1. The molecule has 0 bridgehead atoms. The lowest BCUT2D eigenvalue weighted by atomic mass is 10.2. The number of rotatable bonds is 5. The van der Waals surface area contributed by atoms with Gasteiger partial charge in [0.15, 0.2) is 0 Å². The molecule has 1 aliphatic rings. The van der Waals surface area contributed by atoms with Crippen molar-refractivity contribution in [3.05, 3.63) is 59.9 Å². The summed E-state index contributed by atoms with van der Waals surface area (Å²) in [7, 11) is -3.93. The molecule has 1 amide bonds. The monoisotopic (exact) mass is 445 g/mol. The van der Waals surface area contributed by atoms with Crippen molar-refractivity contribution >= 4 is 21.6 Å². The predicted octanol–water partition coefficient (Wildman–Crippen LogP) is 2.79. The fraction of sp³-hybridized carbons (Fsp3) is 0.316. The average Bonchev–Trinajstić information content (AvgIpc) is 2.68. The first-order valence-corrected chi connectivity index (χ1v) is 10.4. The van der Waals surface area contributed by atoms with Gasteiger partial charge in [0.25, 0.3) is 0 Å². The summed E-state index contributed by atoms with van der Waals surface area (Å²) in [5, 5.41) is 2.57. The Labute approximate surface area is 171 Å². The zero-order valence-electron chi connectivity index (χ0n) is 15.7. The maximum atomic E-state index is 13.2. The minimum atomic E-state index is -4.54. The summed E-state index contributed by atoms with van der Waals surface area (Å²) in [5.41, 5.74) is -0.598. The number of alkyl halides is 3. The van der Waals surface area contributed by atoms with Crippen molar-refractivity contribution in [2.24, 2.45) is 0 Å². The number of hydrogen-bond acceptors (Lipinski definition) is 4. The zero-order chi connectivity index (χ0) is 21.9. The number of halogens is 4. The highest BCUT2D eigenvalue weighted by Gasteiger charge is 2.32. The van der Waals surface area contributed by atoms with Crippen LogP contribution in [0.4, 0.5) is 23.2 Å². The van der Waals surface area contributed by atoms with Crippen molar-refractivity contribution in [2.45, 2.75) is 11.1 Å². The van der Waals surface area contributed by atoms with E-state index in [4.69, 9.17) is 0 Å². The van der Waals surface area contributed by atoms with Crippen LogP contribution in [0.1, 0.15) is 5.56 Å². The molecule has 1 saturated heterocycles. The Morgan fingerprint density at radius 2 is 1.63 bits per heavy atom. The summed E-state index contributed by atoms with van der Waals surface area (Å²) in [6.45, 7) is 0.741. The number of piperazine rings is 1. The van der Waals surface area contributed by atoms with Gasteiger partial charge >= 0.3 is 6.18 Å². The summed E-state index contributed by atoms with van der Waals surface area (Å²) in [4.78, 5) is 13.6. The van der Waals surface area contributed by atoms with Crippen LogP contribution in [-0.4, -0.2) is 56.3 Å². The lowest BCUT2D eigenvalue weighted by molar-refractivity contribution is -0.137. The normalized spacial score (nSPS) is 16.4. The first kappa shape index (κ1) is 22.2. The number of carbonyl (C=O) groups is 1. The molecule has 0 spiro atoms. The second-order valence-electron chi connectivity index (χ2n) is 6.76. The molecular weight excluding hydrogens is 426 g/mol. The van der Waals surface area contributed by atoms with Crippen molar-refractivity contribution in [1.82, 2.24) is 9.21 Å². The molecule has 0 atom stereocenters. The third-order valence-corrected chi connectivity index (χ3v) is 6.54. The number of carbonyl (C=O) groups excluding carboxylic acids is 1. The number of benzene rings is 2. The Balaban J connectivity index is 1.56. The lowest BCUT2D eigenvalue weighted by Gasteiger charge is -2.33. The molecule has 1 aliphatic heterocycles. The zero-order valence-corrected chi connectivity index (χ0v) is 16.5. The van der Waals surface area contributed by atoms with Crippen molar-refractivity contribution in [2.75, 3.05) is 38.0 Å². The number of sulfonamides is 1. The van der Waals surface area contributed by atoms with E-state index in [0.717, 1.165) is 24.3 Å². The summed E-state index contributed by atoms with van der Waals surface area (Å²) >= 11 is 0. The fourth-order valence-electron chi connectivity index (χ4n) is 3.06. The molecule has 1 N–H and O–H groups in total. The van der Waals surface area contributed by atoms with Crippen molar-refractivity contribution in [3.63, 3.8) is 0 Å². The number of nitrogens with zero attached hydrogens (tertiary/aromatic N) is 2. The maximum absolute atomic E-state index is 13.2.